The molecule has 36 heavy (non-hydrogen) atoms. The second kappa shape index (κ2) is 10.5. The molecule has 0 fully saturated rings. The van der Waals surface area contributed by atoms with E-state index in [1.165, 1.54) is 0 Å². The van der Waals surface area contributed by atoms with E-state index in [0.29, 0.717) is 46.7 Å². The molecule has 2 aliphatic rings. The van der Waals surface area contributed by atoms with Crippen LogP contribution in [-0.4, -0.2) is 37.2 Å². The minimum atomic E-state index is -0.622. The van der Waals surface area contributed by atoms with Crippen molar-refractivity contribution in [3.05, 3.63) is 76.1 Å². The van der Waals surface area contributed by atoms with Gasteiger partial charge < -0.3 is 24.6 Å². The maximum atomic E-state index is 13.7. The highest BCUT2D eigenvalue weighted by Gasteiger charge is 2.41. The number of aromatic hydroxyl groups is 1. The number of Topliss-reactive ketones (excluding diaryl/α,β-unsaturated/α-hetero) is 1. The van der Waals surface area contributed by atoms with Gasteiger partial charge in [0.05, 0.1) is 25.9 Å². The lowest BCUT2D eigenvalue weighted by molar-refractivity contribution is -0.144. The lowest BCUT2D eigenvalue weighted by Crippen LogP contribution is -2.36. The fourth-order valence-electron chi connectivity index (χ4n) is 5.02. The fourth-order valence-corrected chi connectivity index (χ4v) is 5.02. The van der Waals surface area contributed by atoms with Gasteiger partial charge in [0, 0.05) is 29.3 Å². The number of phenolic OH excluding ortho intramolecular Hbond substituents is 1. The average molecular weight is 492 g/mol. The van der Waals surface area contributed by atoms with Crippen LogP contribution in [0.1, 0.15) is 63.0 Å². The number of rotatable bonds is 7. The number of phenols is 1. The molecule has 7 heteroatoms. The highest BCUT2D eigenvalue weighted by molar-refractivity contribution is 6.04. The van der Waals surface area contributed by atoms with Crippen molar-refractivity contribution in [3.63, 3.8) is 0 Å². The maximum absolute atomic E-state index is 13.7. The van der Waals surface area contributed by atoms with Crippen molar-refractivity contribution in [1.29, 1.82) is 0 Å². The molecule has 0 unspecified atom stereocenters. The number of esters is 1. The predicted octanol–water partition coefficient (Wildman–Crippen LogP) is 5.11. The molecule has 2 aromatic carbocycles. The molecule has 1 aliphatic carbocycles. The lowest BCUT2D eigenvalue weighted by atomic mass is 9.71. The van der Waals surface area contributed by atoms with Crippen molar-refractivity contribution < 1.29 is 28.9 Å². The number of hydrogen-bond donors (Lipinski definition) is 2. The third-order valence-corrected chi connectivity index (χ3v) is 7.01. The molecule has 0 aromatic heterocycles. The summed E-state index contributed by atoms with van der Waals surface area (Å²) in [5.74, 6) is 0.140. The van der Waals surface area contributed by atoms with Gasteiger partial charge in [0.1, 0.15) is 5.75 Å². The lowest BCUT2D eigenvalue weighted by Gasteiger charge is -2.37. The van der Waals surface area contributed by atoms with Gasteiger partial charge in [0.15, 0.2) is 17.3 Å². The molecule has 4 rings (SSSR count). The van der Waals surface area contributed by atoms with Crippen molar-refractivity contribution in [2.75, 3.05) is 14.2 Å². The summed E-state index contributed by atoms with van der Waals surface area (Å²) in [6, 6.07) is 12.5. The van der Waals surface area contributed by atoms with Gasteiger partial charge in [-0.1, -0.05) is 25.1 Å². The second-order valence-corrected chi connectivity index (χ2v) is 9.35. The zero-order valence-corrected chi connectivity index (χ0v) is 21.4. The highest BCUT2D eigenvalue weighted by atomic mass is 16.5. The molecule has 2 aromatic rings. The Hall–Kier alpha value is -3.74. The van der Waals surface area contributed by atoms with Crippen LogP contribution in [0, 0.1) is 0 Å². The number of ketones is 1. The molecule has 0 saturated heterocycles. The van der Waals surface area contributed by atoms with E-state index in [1.807, 2.05) is 45.0 Å². The van der Waals surface area contributed by atoms with Crippen LogP contribution >= 0.6 is 0 Å². The summed E-state index contributed by atoms with van der Waals surface area (Å²) in [6.45, 7) is 5.62. The van der Waals surface area contributed by atoms with Crippen LogP contribution in [0.5, 0.6) is 17.2 Å². The number of dihydropyridines is 1. The van der Waals surface area contributed by atoms with Crippen LogP contribution in [0.15, 0.2) is 65.0 Å². The minimum Gasteiger partial charge on any atom is -0.508 e. The number of ether oxygens (including phenoxy) is 3. The van der Waals surface area contributed by atoms with E-state index < -0.39 is 11.9 Å². The fraction of sp³-hybridized carbons (Fsp3) is 0.379. The van der Waals surface area contributed by atoms with E-state index >= 15 is 0 Å². The highest BCUT2D eigenvalue weighted by Crippen LogP contribution is 2.47. The van der Waals surface area contributed by atoms with Gasteiger partial charge in [-0.05, 0) is 68.0 Å². The van der Waals surface area contributed by atoms with Gasteiger partial charge in [0.2, 0.25) is 0 Å². The van der Waals surface area contributed by atoms with Gasteiger partial charge in [-0.2, -0.15) is 0 Å². The zero-order chi connectivity index (χ0) is 26.0. The Balaban J connectivity index is 1.76. The first kappa shape index (κ1) is 25.4. The third kappa shape index (κ3) is 4.83. The van der Waals surface area contributed by atoms with Gasteiger partial charge in [-0.3, -0.25) is 4.79 Å². The Labute approximate surface area is 211 Å². The summed E-state index contributed by atoms with van der Waals surface area (Å²) >= 11 is 0. The summed E-state index contributed by atoms with van der Waals surface area (Å²) < 4.78 is 16.5. The summed E-state index contributed by atoms with van der Waals surface area (Å²) in [6.07, 6.45) is 1.31. The molecule has 190 valence electrons. The Morgan fingerprint density at radius 3 is 2.50 bits per heavy atom. The van der Waals surface area contributed by atoms with Crippen LogP contribution in [-0.2, 0) is 14.3 Å². The van der Waals surface area contributed by atoms with Gasteiger partial charge in [0.25, 0.3) is 0 Å². The van der Waals surface area contributed by atoms with Crippen LogP contribution in [0.2, 0.25) is 0 Å². The van der Waals surface area contributed by atoms with Crippen molar-refractivity contribution in [2.24, 2.45) is 0 Å². The molecule has 0 amide bonds. The largest absolute Gasteiger partial charge is 0.508 e. The van der Waals surface area contributed by atoms with E-state index in [0.717, 1.165) is 11.3 Å². The van der Waals surface area contributed by atoms with Crippen molar-refractivity contribution in [2.45, 2.75) is 58.0 Å². The first-order valence-electron chi connectivity index (χ1n) is 12.2. The Kier molecular flexibility index (Phi) is 7.38. The quantitative estimate of drug-likeness (QED) is 0.520. The normalized spacial score (nSPS) is 20.4. The van der Waals surface area contributed by atoms with Crippen molar-refractivity contribution in [1.82, 2.24) is 5.32 Å². The smallest absolute Gasteiger partial charge is 0.337 e. The topological polar surface area (TPSA) is 94.1 Å². The molecule has 1 heterocycles. The van der Waals surface area contributed by atoms with Gasteiger partial charge in [-0.15, -0.1) is 0 Å². The zero-order valence-electron chi connectivity index (χ0n) is 21.4. The summed E-state index contributed by atoms with van der Waals surface area (Å²) in [7, 11) is 3.18. The standard InChI is InChI=1S/C29H33NO6/c1-6-16(2)36-29(33)26-17(3)30-22-13-20(18-10-11-24(34-4)25(15-18)35-5)14-23(32)28(22)27(26)19-8-7-9-21(31)12-19/h7-12,15-16,20,27,30-31H,6,13-14H2,1-5H3/t16-,20-,27+/m1/s1. The number of hydrogen-bond acceptors (Lipinski definition) is 7. The van der Waals surface area contributed by atoms with Gasteiger partial charge >= 0.3 is 5.97 Å². The number of benzene rings is 2. The minimum absolute atomic E-state index is 0.0433. The first-order valence-corrected chi connectivity index (χ1v) is 12.2. The summed E-state index contributed by atoms with van der Waals surface area (Å²) in [5, 5.41) is 13.5. The summed E-state index contributed by atoms with van der Waals surface area (Å²) in [5.41, 5.74) is 4.05. The first-order chi connectivity index (χ1) is 17.3. The van der Waals surface area contributed by atoms with Crippen molar-refractivity contribution in [3.8, 4) is 17.2 Å². The molecule has 0 radical (unpaired) electrons. The number of methoxy groups -OCH3 is 2. The number of allylic oxidation sites excluding steroid dienone is 3. The van der Waals surface area contributed by atoms with E-state index in [4.69, 9.17) is 14.2 Å². The van der Waals surface area contributed by atoms with Crippen LogP contribution in [0.3, 0.4) is 0 Å². The monoisotopic (exact) mass is 491 g/mol. The third-order valence-electron chi connectivity index (χ3n) is 7.01. The van der Waals surface area contributed by atoms with Crippen LogP contribution < -0.4 is 14.8 Å². The average Bonchev–Trinajstić information content (AvgIpc) is 2.86. The summed E-state index contributed by atoms with van der Waals surface area (Å²) in [4.78, 5) is 27.0. The molecular formula is C29H33NO6. The number of carbonyl (C=O) groups is 2. The van der Waals surface area contributed by atoms with Crippen molar-refractivity contribution >= 4 is 11.8 Å². The second-order valence-electron chi connectivity index (χ2n) is 9.35. The molecule has 2 N–H and O–H groups in total. The SMILES string of the molecule is CC[C@@H](C)OC(=O)C1=C(C)NC2=C(C(=O)C[C@H](c3ccc(OC)c(OC)c3)C2)[C@H]1c1cccc(O)c1. The van der Waals surface area contributed by atoms with Gasteiger partial charge in [-0.25, -0.2) is 4.79 Å². The molecule has 0 saturated carbocycles. The van der Waals surface area contributed by atoms with E-state index in [1.54, 1.807) is 32.4 Å². The maximum Gasteiger partial charge on any atom is 0.337 e. The molecule has 0 spiro atoms. The number of carbonyl (C=O) groups excluding carboxylic acids is 2. The molecular weight excluding hydrogens is 458 g/mol. The van der Waals surface area contributed by atoms with E-state index in [2.05, 4.69) is 5.32 Å². The molecule has 1 aliphatic heterocycles. The Bertz CT molecular complexity index is 1240. The molecule has 0 bridgehead atoms. The Morgan fingerprint density at radius 2 is 1.83 bits per heavy atom. The predicted molar refractivity (Wildman–Crippen MR) is 136 cm³/mol. The number of nitrogens with one attached hydrogen (secondary N) is 1. The Morgan fingerprint density at radius 1 is 1.08 bits per heavy atom. The molecule has 7 nitrogen and oxygen atoms in total. The van der Waals surface area contributed by atoms with E-state index in [9.17, 15) is 14.7 Å². The van der Waals surface area contributed by atoms with Crippen LogP contribution in [0.4, 0.5) is 0 Å². The molecule has 3 atom stereocenters. The van der Waals surface area contributed by atoms with Crippen LogP contribution in [0.25, 0.3) is 0 Å². The van der Waals surface area contributed by atoms with E-state index in [-0.39, 0.29) is 30.0 Å².